The standard InChI is InChI=1S/C32H34N4O3S/c1-21-11-13-24(31(38)34-25-14-15-25)20-27(21)35-32-36-29(23-9-5-10-26(19-23)39-18-6-17-33)30(40-32)28(37)16-12-22-7-3-2-4-8-22/h2-5,7-11,13,19-20,25H,6,12,14-18,33H2,1H3,(H,34,38)(H,35,36). The zero-order valence-corrected chi connectivity index (χ0v) is 23.4. The summed E-state index contributed by atoms with van der Waals surface area (Å²) in [5.74, 6) is 0.670. The average Bonchev–Trinajstić information content (AvgIpc) is 3.69. The normalized spacial score (nSPS) is 12.7. The summed E-state index contributed by atoms with van der Waals surface area (Å²) in [4.78, 5) is 31.6. The maximum absolute atomic E-state index is 13.5. The third kappa shape index (κ3) is 7.14. The van der Waals surface area contributed by atoms with Gasteiger partial charge < -0.3 is 21.1 Å². The van der Waals surface area contributed by atoms with Gasteiger partial charge in [-0.3, -0.25) is 9.59 Å². The summed E-state index contributed by atoms with van der Waals surface area (Å²) in [5, 5.41) is 7.01. The number of carbonyl (C=O) groups excluding carboxylic acids is 2. The quantitative estimate of drug-likeness (QED) is 0.132. The second-order valence-electron chi connectivity index (χ2n) is 10.0. The van der Waals surface area contributed by atoms with Gasteiger partial charge in [0.2, 0.25) is 0 Å². The Morgan fingerprint density at radius 2 is 1.88 bits per heavy atom. The van der Waals surface area contributed by atoms with Crippen LogP contribution in [-0.4, -0.2) is 35.9 Å². The summed E-state index contributed by atoms with van der Waals surface area (Å²) in [7, 11) is 0. The number of aromatic nitrogens is 1. The summed E-state index contributed by atoms with van der Waals surface area (Å²) in [5.41, 5.74) is 10.5. The van der Waals surface area contributed by atoms with Crippen LogP contribution >= 0.6 is 11.3 Å². The Hall–Kier alpha value is -4.01. The van der Waals surface area contributed by atoms with Gasteiger partial charge in [0, 0.05) is 29.3 Å². The third-order valence-electron chi connectivity index (χ3n) is 6.74. The van der Waals surface area contributed by atoms with Gasteiger partial charge >= 0.3 is 0 Å². The van der Waals surface area contributed by atoms with E-state index in [-0.39, 0.29) is 17.7 Å². The molecule has 0 spiro atoms. The highest BCUT2D eigenvalue weighted by molar-refractivity contribution is 7.18. The van der Waals surface area contributed by atoms with Crippen molar-refractivity contribution in [3.8, 4) is 17.0 Å². The Labute approximate surface area is 238 Å². The Morgan fingerprint density at radius 1 is 1.05 bits per heavy atom. The number of carbonyl (C=O) groups is 2. The number of nitrogens with two attached hydrogens (primary N) is 1. The van der Waals surface area contributed by atoms with Gasteiger partial charge in [-0.1, -0.05) is 59.9 Å². The van der Waals surface area contributed by atoms with Gasteiger partial charge in [0.15, 0.2) is 10.9 Å². The third-order valence-corrected chi connectivity index (χ3v) is 7.75. The molecule has 4 aromatic rings. The highest BCUT2D eigenvalue weighted by Gasteiger charge is 2.24. The number of nitrogens with zero attached hydrogens (tertiary/aromatic N) is 1. The second-order valence-corrected chi connectivity index (χ2v) is 11.0. The van der Waals surface area contributed by atoms with Crippen LogP contribution in [0, 0.1) is 6.92 Å². The molecule has 1 fully saturated rings. The number of hydrogen-bond acceptors (Lipinski definition) is 7. The lowest BCUT2D eigenvalue weighted by Crippen LogP contribution is -2.25. The molecule has 7 nitrogen and oxygen atoms in total. The number of aryl methyl sites for hydroxylation is 2. The van der Waals surface area contributed by atoms with Crippen molar-refractivity contribution in [2.45, 2.75) is 45.1 Å². The lowest BCUT2D eigenvalue weighted by molar-refractivity contribution is 0.0949. The predicted molar refractivity (Wildman–Crippen MR) is 161 cm³/mol. The second kappa shape index (κ2) is 12.9. The summed E-state index contributed by atoms with van der Waals surface area (Å²) < 4.78 is 5.86. The largest absolute Gasteiger partial charge is 0.494 e. The van der Waals surface area contributed by atoms with E-state index >= 15 is 0 Å². The molecule has 4 N–H and O–H groups in total. The van der Waals surface area contributed by atoms with Gasteiger partial charge in [-0.25, -0.2) is 4.98 Å². The predicted octanol–water partition coefficient (Wildman–Crippen LogP) is 6.30. The minimum atomic E-state index is -0.0754. The maximum Gasteiger partial charge on any atom is 0.251 e. The summed E-state index contributed by atoms with van der Waals surface area (Å²) in [6.07, 6.45) is 3.85. The van der Waals surface area contributed by atoms with E-state index in [4.69, 9.17) is 15.5 Å². The van der Waals surface area contributed by atoms with E-state index in [2.05, 4.69) is 10.6 Å². The molecule has 40 heavy (non-hydrogen) atoms. The van der Waals surface area contributed by atoms with Crippen molar-refractivity contribution >= 4 is 33.8 Å². The summed E-state index contributed by atoms with van der Waals surface area (Å²) in [6, 6.07) is 23.5. The number of thiazole rings is 1. The number of hydrogen-bond donors (Lipinski definition) is 3. The van der Waals surface area contributed by atoms with Gasteiger partial charge in [0.05, 0.1) is 12.3 Å². The van der Waals surface area contributed by atoms with Crippen LogP contribution in [0.2, 0.25) is 0 Å². The number of Topliss-reactive ketones (excluding diaryl/α,β-unsaturated/α-hetero) is 1. The molecular weight excluding hydrogens is 520 g/mol. The fraction of sp³-hybridized carbons (Fsp3) is 0.281. The van der Waals surface area contributed by atoms with Crippen molar-refractivity contribution in [2.24, 2.45) is 5.73 Å². The lowest BCUT2D eigenvalue weighted by Gasteiger charge is -2.10. The molecule has 3 aromatic carbocycles. The Morgan fingerprint density at radius 3 is 2.65 bits per heavy atom. The molecule has 8 heteroatoms. The van der Waals surface area contributed by atoms with Crippen molar-refractivity contribution in [2.75, 3.05) is 18.5 Å². The van der Waals surface area contributed by atoms with Crippen LogP contribution in [0.1, 0.15) is 56.8 Å². The molecule has 1 amide bonds. The van der Waals surface area contributed by atoms with Gasteiger partial charge in [-0.05, 0) is 74.5 Å². The molecule has 1 saturated carbocycles. The summed E-state index contributed by atoms with van der Waals surface area (Å²) in [6.45, 7) is 3.06. The number of rotatable bonds is 13. The zero-order valence-electron chi connectivity index (χ0n) is 22.6. The van der Waals surface area contributed by atoms with E-state index in [0.717, 1.165) is 41.6 Å². The summed E-state index contributed by atoms with van der Waals surface area (Å²) >= 11 is 1.33. The fourth-order valence-corrected chi connectivity index (χ4v) is 5.26. The van der Waals surface area contributed by atoms with Crippen molar-refractivity contribution in [1.82, 2.24) is 10.3 Å². The lowest BCUT2D eigenvalue weighted by atomic mass is 10.0. The average molecular weight is 555 g/mol. The SMILES string of the molecule is Cc1ccc(C(=O)NC2CC2)cc1Nc1nc(-c2cccc(OCCCN)c2)c(C(=O)CCc2ccccc2)s1. The van der Waals surface area contributed by atoms with Crippen molar-refractivity contribution in [3.63, 3.8) is 0 Å². The first-order valence-corrected chi connectivity index (χ1v) is 14.5. The van der Waals surface area contributed by atoms with E-state index in [0.29, 0.717) is 53.0 Å². The molecule has 206 valence electrons. The van der Waals surface area contributed by atoms with Crippen LogP contribution in [0.4, 0.5) is 10.8 Å². The Kier molecular flexibility index (Phi) is 8.88. The van der Waals surface area contributed by atoms with Crippen LogP contribution in [0.25, 0.3) is 11.3 Å². The van der Waals surface area contributed by atoms with Crippen LogP contribution in [0.5, 0.6) is 5.75 Å². The molecule has 0 saturated heterocycles. The van der Waals surface area contributed by atoms with Crippen molar-refractivity contribution < 1.29 is 14.3 Å². The van der Waals surface area contributed by atoms with Crippen LogP contribution in [0.3, 0.4) is 0 Å². The number of amides is 1. The molecule has 0 aliphatic heterocycles. The Balaban J connectivity index is 1.43. The van der Waals surface area contributed by atoms with Crippen molar-refractivity contribution in [3.05, 3.63) is 94.4 Å². The number of anilines is 2. The molecule has 0 unspecified atom stereocenters. The van der Waals surface area contributed by atoms with E-state index in [9.17, 15) is 9.59 Å². The van der Waals surface area contributed by atoms with Crippen LogP contribution in [0.15, 0.2) is 72.8 Å². The number of ether oxygens (including phenoxy) is 1. The molecule has 0 radical (unpaired) electrons. The molecule has 5 rings (SSSR count). The molecule has 1 aromatic heterocycles. The fourth-order valence-electron chi connectivity index (χ4n) is 4.29. The molecule has 0 atom stereocenters. The first kappa shape index (κ1) is 27.6. The minimum Gasteiger partial charge on any atom is -0.494 e. The molecule has 1 heterocycles. The highest BCUT2D eigenvalue weighted by Crippen LogP contribution is 2.36. The van der Waals surface area contributed by atoms with E-state index in [1.807, 2.05) is 79.7 Å². The first-order valence-electron chi connectivity index (χ1n) is 13.7. The maximum atomic E-state index is 13.5. The van der Waals surface area contributed by atoms with Crippen molar-refractivity contribution in [1.29, 1.82) is 0 Å². The van der Waals surface area contributed by atoms with Gasteiger partial charge in [0.1, 0.15) is 10.6 Å². The van der Waals surface area contributed by atoms with Gasteiger partial charge in [-0.2, -0.15) is 0 Å². The monoisotopic (exact) mass is 554 g/mol. The minimum absolute atomic E-state index is 0.0353. The number of benzene rings is 3. The first-order chi connectivity index (χ1) is 19.5. The van der Waals surface area contributed by atoms with Crippen LogP contribution in [-0.2, 0) is 6.42 Å². The number of nitrogens with one attached hydrogen (secondary N) is 2. The Bertz CT molecular complexity index is 1480. The molecular formula is C32H34N4O3S. The zero-order chi connectivity index (χ0) is 27.9. The highest BCUT2D eigenvalue weighted by atomic mass is 32.1. The van der Waals surface area contributed by atoms with E-state index in [1.54, 1.807) is 0 Å². The molecule has 1 aliphatic rings. The van der Waals surface area contributed by atoms with Gasteiger partial charge in [-0.15, -0.1) is 0 Å². The smallest absolute Gasteiger partial charge is 0.251 e. The van der Waals surface area contributed by atoms with Crippen LogP contribution < -0.4 is 21.1 Å². The van der Waals surface area contributed by atoms with Gasteiger partial charge in [0.25, 0.3) is 5.91 Å². The topological polar surface area (TPSA) is 106 Å². The van der Waals surface area contributed by atoms with E-state index in [1.165, 1.54) is 11.3 Å². The number of ketones is 1. The molecule has 1 aliphatic carbocycles. The van der Waals surface area contributed by atoms with E-state index < -0.39 is 0 Å². The molecule has 0 bridgehead atoms.